The van der Waals surface area contributed by atoms with Gasteiger partial charge in [-0.05, 0) is 0 Å². The third-order valence-corrected chi connectivity index (χ3v) is 50.0. The van der Waals surface area contributed by atoms with Crippen LogP contribution in [0.1, 0.15) is 13.8 Å². The lowest BCUT2D eigenvalue weighted by atomic mass is 10.6. The topological polar surface area (TPSA) is 0 Å². The van der Waals surface area contributed by atoms with Crippen LogP contribution in [0.4, 0.5) is 0 Å². The second-order valence-corrected chi connectivity index (χ2v) is 36.5. The molecule has 0 N–H and O–H groups in total. The zero-order valence-electron chi connectivity index (χ0n) is 11.1. The lowest BCUT2D eigenvalue weighted by Crippen LogP contribution is -2.69. The summed E-state index contributed by atoms with van der Waals surface area (Å²) in [6.07, 6.45) is 0. The van der Waals surface area contributed by atoms with Crippen molar-refractivity contribution in [3.05, 3.63) is 0 Å². The standard InChI is InChI=1S/C10H28Si3/c1-10(2)12(6,7)13(8,9)11(3,4)5/h10H,1-9H3. The van der Waals surface area contributed by atoms with Gasteiger partial charge in [0.15, 0.2) is 0 Å². The van der Waals surface area contributed by atoms with Crippen LogP contribution >= 0.6 is 0 Å². The molecule has 0 aromatic heterocycles. The number of hydrogen-bond donors (Lipinski definition) is 0. The van der Waals surface area contributed by atoms with Gasteiger partial charge in [0, 0.05) is 22.3 Å². The summed E-state index contributed by atoms with van der Waals surface area (Å²) in [6, 6.07) is 0. The molecule has 0 saturated carbocycles. The van der Waals surface area contributed by atoms with E-state index in [-0.39, 0.29) is 0 Å². The van der Waals surface area contributed by atoms with E-state index in [1.54, 1.807) is 0 Å². The Morgan fingerprint density at radius 3 is 1.08 bits per heavy atom. The average molecular weight is 233 g/mol. The Balaban J connectivity index is 5.04. The van der Waals surface area contributed by atoms with Crippen molar-refractivity contribution in [2.24, 2.45) is 0 Å². The van der Waals surface area contributed by atoms with Crippen LogP contribution in [0.2, 0.25) is 51.4 Å². The minimum atomic E-state index is -0.943. The van der Waals surface area contributed by atoms with Gasteiger partial charge in [-0.15, -0.1) is 0 Å². The van der Waals surface area contributed by atoms with E-state index in [2.05, 4.69) is 59.7 Å². The molecule has 0 bridgehead atoms. The molecule has 0 nitrogen and oxygen atoms in total. The van der Waals surface area contributed by atoms with E-state index in [1.165, 1.54) is 0 Å². The Kier molecular flexibility index (Phi) is 3.85. The first-order valence-electron chi connectivity index (χ1n) is 5.44. The highest BCUT2D eigenvalue weighted by Gasteiger charge is 2.50. The number of hydrogen-bond acceptors (Lipinski definition) is 0. The molecule has 0 atom stereocenters. The second kappa shape index (κ2) is 3.66. The Bertz CT molecular complexity index is 175. The third-order valence-electron chi connectivity index (χ3n) is 4.93. The van der Waals surface area contributed by atoms with Crippen LogP contribution < -0.4 is 0 Å². The summed E-state index contributed by atoms with van der Waals surface area (Å²) in [7, 11) is -2.74. The zero-order chi connectivity index (χ0) is 11.1. The first-order valence-corrected chi connectivity index (χ1v) is 17.0. The fourth-order valence-corrected chi connectivity index (χ4v) is 35.2. The Labute approximate surface area is 87.7 Å². The number of rotatable bonds is 3. The van der Waals surface area contributed by atoms with Gasteiger partial charge in [0.2, 0.25) is 0 Å². The molecular weight excluding hydrogens is 204 g/mol. The van der Waals surface area contributed by atoms with Crippen LogP contribution in [0.25, 0.3) is 0 Å². The average Bonchev–Trinajstić information content (AvgIpc) is 1.84. The predicted octanol–water partition coefficient (Wildman–Crippen LogP) is 4.31. The van der Waals surface area contributed by atoms with Crippen molar-refractivity contribution < 1.29 is 0 Å². The summed E-state index contributed by atoms with van der Waals surface area (Å²) in [5, 5.41) is 0. The van der Waals surface area contributed by atoms with E-state index in [4.69, 9.17) is 0 Å². The maximum absolute atomic E-state index is 2.66. The Hall–Kier alpha value is 0.651. The van der Waals surface area contributed by atoms with Crippen molar-refractivity contribution in [2.45, 2.75) is 65.2 Å². The summed E-state index contributed by atoms with van der Waals surface area (Å²) in [5.74, 6) is 0. The Morgan fingerprint density at radius 2 is 1.00 bits per heavy atom. The van der Waals surface area contributed by atoms with Crippen LogP contribution in [-0.4, -0.2) is 22.3 Å². The summed E-state index contributed by atoms with van der Waals surface area (Å²) in [4.78, 5) is 0. The van der Waals surface area contributed by atoms with Crippen LogP contribution in [0.5, 0.6) is 0 Å². The maximum Gasteiger partial charge on any atom is 0.0412 e. The normalized spacial score (nSPS) is 15.2. The monoisotopic (exact) mass is 232 g/mol. The summed E-state index contributed by atoms with van der Waals surface area (Å²) in [5.41, 5.74) is 0.959. The minimum absolute atomic E-state index is 0.882. The quantitative estimate of drug-likeness (QED) is 0.636. The molecule has 0 unspecified atom stereocenters. The fraction of sp³-hybridized carbons (Fsp3) is 1.00. The smallest absolute Gasteiger partial charge is 0.0412 e. The van der Waals surface area contributed by atoms with Gasteiger partial charge in [-0.3, -0.25) is 0 Å². The molecule has 0 radical (unpaired) electrons. The van der Waals surface area contributed by atoms with E-state index >= 15 is 0 Å². The van der Waals surface area contributed by atoms with Crippen molar-refractivity contribution in [1.29, 1.82) is 0 Å². The van der Waals surface area contributed by atoms with E-state index in [1.807, 2.05) is 0 Å². The van der Waals surface area contributed by atoms with Gasteiger partial charge in [-0.25, -0.2) is 0 Å². The van der Waals surface area contributed by atoms with Crippen LogP contribution in [0.15, 0.2) is 0 Å². The highest BCUT2D eigenvalue weighted by Crippen LogP contribution is 2.35. The van der Waals surface area contributed by atoms with Gasteiger partial charge in [-0.1, -0.05) is 65.2 Å². The fourth-order valence-electron chi connectivity index (χ4n) is 1.69. The molecule has 80 valence electrons. The summed E-state index contributed by atoms with van der Waals surface area (Å²) in [6.45, 7) is 23.2. The molecular formula is C10H28Si3. The first kappa shape index (κ1) is 13.7. The molecule has 0 aliphatic rings. The van der Waals surface area contributed by atoms with Gasteiger partial charge >= 0.3 is 0 Å². The van der Waals surface area contributed by atoms with Gasteiger partial charge in [0.25, 0.3) is 0 Å². The van der Waals surface area contributed by atoms with Gasteiger partial charge in [-0.2, -0.15) is 0 Å². The molecule has 13 heavy (non-hydrogen) atoms. The predicted molar refractivity (Wildman–Crippen MR) is 73.4 cm³/mol. The third kappa shape index (κ3) is 2.36. The van der Waals surface area contributed by atoms with Crippen molar-refractivity contribution >= 4 is 22.3 Å². The lowest BCUT2D eigenvalue weighted by Gasteiger charge is -2.49. The van der Waals surface area contributed by atoms with Crippen LogP contribution in [0, 0.1) is 0 Å². The van der Waals surface area contributed by atoms with Crippen LogP contribution in [-0.2, 0) is 0 Å². The zero-order valence-corrected chi connectivity index (χ0v) is 14.1. The van der Waals surface area contributed by atoms with Gasteiger partial charge in [0.05, 0.1) is 0 Å². The largest absolute Gasteiger partial charge is 0.0731 e. The van der Waals surface area contributed by atoms with Crippen molar-refractivity contribution in [2.75, 3.05) is 0 Å². The van der Waals surface area contributed by atoms with Gasteiger partial charge in [0.1, 0.15) is 0 Å². The molecule has 0 spiro atoms. The molecule has 3 heteroatoms. The maximum atomic E-state index is 2.66. The lowest BCUT2D eigenvalue weighted by molar-refractivity contribution is 1.03. The van der Waals surface area contributed by atoms with Gasteiger partial charge < -0.3 is 0 Å². The van der Waals surface area contributed by atoms with E-state index in [0.29, 0.717) is 0 Å². The molecule has 0 aliphatic carbocycles. The van der Waals surface area contributed by atoms with E-state index in [9.17, 15) is 0 Å². The summed E-state index contributed by atoms with van der Waals surface area (Å²) < 4.78 is 0. The SMILES string of the molecule is CC(C)[Si](C)(C)[Si](C)(C)[Si](C)(C)C. The molecule has 0 saturated heterocycles. The molecule has 0 fully saturated rings. The highest BCUT2D eigenvalue weighted by atomic mass is 29.6. The van der Waals surface area contributed by atoms with Crippen LogP contribution in [0.3, 0.4) is 0 Å². The minimum Gasteiger partial charge on any atom is -0.0731 e. The van der Waals surface area contributed by atoms with E-state index in [0.717, 1.165) is 5.54 Å². The van der Waals surface area contributed by atoms with Crippen molar-refractivity contribution in [3.63, 3.8) is 0 Å². The highest BCUT2D eigenvalue weighted by molar-refractivity contribution is 7.68. The van der Waals surface area contributed by atoms with E-state index < -0.39 is 22.3 Å². The molecule has 0 aromatic rings. The summed E-state index contributed by atoms with van der Waals surface area (Å²) >= 11 is 0. The first-order chi connectivity index (χ1) is 5.44. The second-order valence-electron chi connectivity index (χ2n) is 6.75. The van der Waals surface area contributed by atoms with Crippen molar-refractivity contribution in [1.82, 2.24) is 0 Å². The molecule has 0 aromatic carbocycles. The molecule has 0 amide bonds. The molecule has 0 rings (SSSR count). The molecule has 0 heterocycles. The Morgan fingerprint density at radius 1 is 0.692 bits per heavy atom. The van der Waals surface area contributed by atoms with Crippen molar-refractivity contribution in [3.8, 4) is 0 Å². The molecule has 0 aliphatic heterocycles.